The Kier molecular flexibility index (Phi) is 5.21. The molecule has 0 saturated heterocycles. The number of ether oxygens (including phenoxy) is 2. The van der Waals surface area contributed by atoms with Crippen molar-refractivity contribution >= 4 is 34.9 Å². The van der Waals surface area contributed by atoms with Crippen molar-refractivity contribution in [3.05, 3.63) is 16.0 Å². The summed E-state index contributed by atoms with van der Waals surface area (Å²) in [6, 6.07) is 0. The second-order valence-corrected chi connectivity index (χ2v) is 4.08. The fourth-order valence-corrected chi connectivity index (χ4v) is 1.40. The van der Waals surface area contributed by atoms with Crippen LogP contribution in [0.4, 0.5) is 10.1 Å². The zero-order valence-electron chi connectivity index (χ0n) is 9.75. The van der Waals surface area contributed by atoms with Crippen molar-refractivity contribution in [1.29, 1.82) is 0 Å². The maximum atomic E-state index is 13.3. The molecule has 0 aliphatic heterocycles. The van der Waals surface area contributed by atoms with Crippen LogP contribution in [-0.2, 0) is 9.53 Å². The monoisotopic (exact) mass is 306 g/mol. The number of nitrogens with two attached hydrogens (primary N) is 1. The maximum Gasteiger partial charge on any atom is 0.348 e. The molecule has 2 N–H and O–H groups in total. The van der Waals surface area contributed by atoms with Gasteiger partial charge in [0.15, 0.2) is 12.7 Å². The topological polar surface area (TPSA) is 74.4 Å². The Hall–Kier alpha value is -1.71. The molecule has 1 aromatic rings. The van der Waals surface area contributed by atoms with Gasteiger partial charge in [-0.3, -0.25) is 0 Å². The number of carbonyl (C=O) groups is 1. The molecule has 8 heteroatoms. The van der Waals surface area contributed by atoms with E-state index in [0.29, 0.717) is 0 Å². The summed E-state index contributed by atoms with van der Waals surface area (Å²) in [6.45, 7) is 1.16. The van der Waals surface area contributed by atoms with Crippen molar-refractivity contribution in [2.24, 2.45) is 0 Å². The number of anilines is 1. The van der Waals surface area contributed by atoms with Gasteiger partial charge < -0.3 is 15.2 Å². The van der Waals surface area contributed by atoms with E-state index in [1.165, 1.54) is 6.92 Å². The Morgan fingerprint density at radius 1 is 1.58 bits per heavy atom. The SMILES string of the molecule is C#CCOC(=O)[C@@H](C)Oc1nc(F)c(Cl)c(N)c1Cl. The highest BCUT2D eigenvalue weighted by atomic mass is 35.5. The van der Waals surface area contributed by atoms with E-state index in [2.05, 4.69) is 15.6 Å². The van der Waals surface area contributed by atoms with Crippen molar-refractivity contribution in [3.8, 4) is 18.2 Å². The van der Waals surface area contributed by atoms with Crippen LogP contribution in [0.5, 0.6) is 5.88 Å². The first-order valence-electron chi connectivity index (χ1n) is 4.95. The number of pyridine rings is 1. The lowest BCUT2D eigenvalue weighted by molar-refractivity contribution is -0.149. The maximum absolute atomic E-state index is 13.3. The summed E-state index contributed by atoms with van der Waals surface area (Å²) in [5.74, 6) is -0.0373. The van der Waals surface area contributed by atoms with Crippen LogP contribution in [0.2, 0.25) is 10.0 Å². The van der Waals surface area contributed by atoms with Gasteiger partial charge in [-0.2, -0.15) is 9.37 Å². The number of hydrogen-bond acceptors (Lipinski definition) is 5. The lowest BCUT2D eigenvalue weighted by atomic mass is 10.4. The first-order valence-corrected chi connectivity index (χ1v) is 5.70. The Labute approximate surface area is 118 Å². The van der Waals surface area contributed by atoms with Gasteiger partial charge in [0.2, 0.25) is 11.8 Å². The molecule has 0 spiro atoms. The van der Waals surface area contributed by atoms with E-state index >= 15 is 0 Å². The van der Waals surface area contributed by atoms with Crippen LogP contribution < -0.4 is 10.5 Å². The van der Waals surface area contributed by atoms with Crippen molar-refractivity contribution in [1.82, 2.24) is 4.98 Å². The molecule has 0 saturated carbocycles. The molecule has 5 nitrogen and oxygen atoms in total. The summed E-state index contributed by atoms with van der Waals surface area (Å²) in [5, 5.41) is -0.608. The predicted molar refractivity (Wildman–Crippen MR) is 68.5 cm³/mol. The Bertz CT molecular complexity index is 546. The van der Waals surface area contributed by atoms with Gasteiger partial charge in [-0.25, -0.2) is 4.79 Å². The lowest BCUT2D eigenvalue weighted by Crippen LogP contribution is -2.27. The number of rotatable bonds is 4. The molecule has 0 amide bonds. The molecule has 0 fully saturated rings. The van der Waals surface area contributed by atoms with Crippen molar-refractivity contribution in [2.75, 3.05) is 12.3 Å². The van der Waals surface area contributed by atoms with Gasteiger partial charge in [-0.15, -0.1) is 6.42 Å². The third-order valence-electron chi connectivity index (χ3n) is 1.96. The van der Waals surface area contributed by atoms with E-state index in [1.807, 2.05) is 0 Å². The van der Waals surface area contributed by atoms with E-state index in [0.717, 1.165) is 0 Å². The largest absolute Gasteiger partial charge is 0.461 e. The minimum atomic E-state index is -1.08. The minimum absolute atomic E-state index is 0.192. The highest BCUT2D eigenvalue weighted by Gasteiger charge is 2.22. The van der Waals surface area contributed by atoms with Gasteiger partial charge in [-0.05, 0) is 6.92 Å². The first-order chi connectivity index (χ1) is 8.88. The quantitative estimate of drug-likeness (QED) is 0.523. The Balaban J connectivity index is 2.89. The van der Waals surface area contributed by atoms with Crippen LogP contribution in [0.3, 0.4) is 0 Å². The molecule has 0 bridgehead atoms. The van der Waals surface area contributed by atoms with Gasteiger partial charge in [0.05, 0.1) is 5.69 Å². The van der Waals surface area contributed by atoms with Gasteiger partial charge >= 0.3 is 5.97 Å². The molecule has 102 valence electrons. The van der Waals surface area contributed by atoms with Crippen LogP contribution in [0.1, 0.15) is 6.92 Å². The van der Waals surface area contributed by atoms with Gasteiger partial charge in [0.1, 0.15) is 10.0 Å². The number of aromatic nitrogens is 1. The molecule has 0 aliphatic carbocycles. The molecule has 1 atom stereocenters. The molecule has 1 rings (SSSR count). The standard InChI is InChI=1S/C11H9Cl2FN2O3/c1-3-4-18-11(17)5(2)19-10-7(13)8(15)6(12)9(14)16-10/h1,5H,4H2,2H3,(H2,15,16)/t5-/m1/s1. The van der Waals surface area contributed by atoms with Crippen LogP contribution in [0.25, 0.3) is 0 Å². The van der Waals surface area contributed by atoms with E-state index in [9.17, 15) is 9.18 Å². The highest BCUT2D eigenvalue weighted by Crippen LogP contribution is 2.35. The number of halogens is 3. The predicted octanol–water partition coefficient (Wildman–Crippen LogP) is 2.05. The number of esters is 1. The summed E-state index contributed by atoms with van der Waals surface area (Å²) in [4.78, 5) is 14.7. The second kappa shape index (κ2) is 6.45. The van der Waals surface area contributed by atoms with E-state index in [4.69, 9.17) is 40.1 Å². The molecule has 0 aliphatic rings. The zero-order valence-corrected chi connectivity index (χ0v) is 11.3. The summed E-state index contributed by atoms with van der Waals surface area (Å²) in [7, 11) is 0. The van der Waals surface area contributed by atoms with Gasteiger partial charge in [0.25, 0.3) is 0 Å². The number of nitrogens with zero attached hydrogens (tertiary/aromatic N) is 1. The summed E-state index contributed by atoms with van der Waals surface area (Å²) < 4.78 is 23.0. The molecular formula is C11H9Cl2FN2O3. The zero-order chi connectivity index (χ0) is 14.6. The van der Waals surface area contributed by atoms with Crippen LogP contribution >= 0.6 is 23.2 Å². The fraction of sp³-hybridized carbons (Fsp3) is 0.273. The average molecular weight is 307 g/mol. The normalized spacial score (nSPS) is 11.5. The number of hydrogen-bond donors (Lipinski definition) is 1. The van der Waals surface area contributed by atoms with E-state index < -0.39 is 23.0 Å². The average Bonchev–Trinajstić information content (AvgIpc) is 2.39. The lowest BCUT2D eigenvalue weighted by Gasteiger charge is -2.14. The van der Waals surface area contributed by atoms with Gasteiger partial charge in [0, 0.05) is 0 Å². The molecule has 1 heterocycles. The molecule has 0 unspecified atom stereocenters. The Morgan fingerprint density at radius 2 is 2.21 bits per heavy atom. The molecular weight excluding hydrogens is 298 g/mol. The third kappa shape index (κ3) is 3.63. The van der Waals surface area contributed by atoms with E-state index in [1.54, 1.807) is 0 Å². The Morgan fingerprint density at radius 3 is 2.79 bits per heavy atom. The summed E-state index contributed by atoms with van der Waals surface area (Å²) >= 11 is 11.3. The van der Waals surface area contributed by atoms with Crippen molar-refractivity contribution in [2.45, 2.75) is 13.0 Å². The van der Waals surface area contributed by atoms with Gasteiger partial charge in [-0.1, -0.05) is 29.1 Å². The summed E-state index contributed by atoms with van der Waals surface area (Å²) in [6.07, 6.45) is 3.84. The third-order valence-corrected chi connectivity index (χ3v) is 2.68. The number of nitrogen functional groups attached to an aromatic ring is 1. The molecule has 1 aromatic heterocycles. The number of carbonyl (C=O) groups excluding carboxylic acids is 1. The molecule has 19 heavy (non-hydrogen) atoms. The van der Waals surface area contributed by atoms with Crippen molar-refractivity contribution < 1.29 is 18.7 Å². The fourth-order valence-electron chi connectivity index (χ4n) is 1.03. The second-order valence-electron chi connectivity index (χ2n) is 3.32. The van der Waals surface area contributed by atoms with Crippen LogP contribution in [0.15, 0.2) is 0 Å². The minimum Gasteiger partial charge on any atom is -0.461 e. The highest BCUT2D eigenvalue weighted by molar-refractivity contribution is 6.39. The van der Waals surface area contributed by atoms with Crippen molar-refractivity contribution in [3.63, 3.8) is 0 Å². The first kappa shape index (κ1) is 15.3. The molecule has 0 aromatic carbocycles. The van der Waals surface area contributed by atoms with Crippen LogP contribution in [-0.4, -0.2) is 23.7 Å². The smallest absolute Gasteiger partial charge is 0.348 e. The summed E-state index contributed by atoms with van der Waals surface area (Å²) in [5.41, 5.74) is 5.22. The number of terminal acetylenes is 1. The molecule has 0 radical (unpaired) electrons. The van der Waals surface area contributed by atoms with E-state index in [-0.39, 0.29) is 23.2 Å². The van der Waals surface area contributed by atoms with Crippen LogP contribution in [0, 0.1) is 18.3 Å².